The molecule has 0 spiro atoms. The topological polar surface area (TPSA) is 23.6 Å². The van der Waals surface area contributed by atoms with E-state index < -0.39 is 0 Å². The highest BCUT2D eigenvalue weighted by Gasteiger charge is 2.32. The predicted molar refractivity (Wildman–Crippen MR) is 89.7 cm³/mol. The van der Waals surface area contributed by atoms with Gasteiger partial charge in [-0.05, 0) is 49.7 Å². The van der Waals surface area contributed by atoms with E-state index in [0.29, 0.717) is 6.54 Å². The van der Waals surface area contributed by atoms with E-state index in [1.807, 2.05) is 53.2 Å². The highest BCUT2D eigenvalue weighted by Crippen LogP contribution is 2.24. The molecule has 1 saturated heterocycles. The lowest BCUT2D eigenvalue weighted by Gasteiger charge is -2.37. The van der Waals surface area contributed by atoms with E-state index in [0.717, 1.165) is 30.6 Å². The molecular formula is C19H21FN2O. The van der Waals surface area contributed by atoms with Crippen LogP contribution in [0.1, 0.15) is 18.4 Å². The van der Waals surface area contributed by atoms with Gasteiger partial charge < -0.3 is 4.90 Å². The summed E-state index contributed by atoms with van der Waals surface area (Å²) in [6.45, 7) is 1.32. The molecule has 0 saturated carbocycles. The first-order valence-electron chi connectivity index (χ1n) is 7.96. The Morgan fingerprint density at radius 2 is 1.96 bits per heavy atom. The van der Waals surface area contributed by atoms with Gasteiger partial charge in [-0.25, -0.2) is 4.39 Å². The number of anilines is 1. The van der Waals surface area contributed by atoms with Crippen LogP contribution in [-0.2, 0) is 11.3 Å². The molecule has 0 N–H and O–H groups in total. The van der Waals surface area contributed by atoms with Gasteiger partial charge in [-0.2, -0.15) is 0 Å². The molecule has 0 radical (unpaired) electrons. The second-order valence-corrected chi connectivity index (χ2v) is 6.03. The molecule has 2 aromatic carbocycles. The lowest BCUT2D eigenvalue weighted by Crippen LogP contribution is -2.51. The third-order valence-corrected chi connectivity index (χ3v) is 4.33. The van der Waals surface area contributed by atoms with Crippen molar-refractivity contribution >= 4 is 11.6 Å². The molecular weight excluding hydrogens is 291 g/mol. The molecule has 1 unspecified atom stereocenters. The van der Waals surface area contributed by atoms with Crippen LogP contribution in [0.4, 0.5) is 10.1 Å². The third-order valence-electron chi connectivity index (χ3n) is 4.33. The number of likely N-dealkylation sites (N-methyl/N-ethyl adjacent to an activating group) is 1. The predicted octanol–water partition coefficient (Wildman–Crippen LogP) is 3.45. The van der Waals surface area contributed by atoms with Crippen molar-refractivity contribution in [2.45, 2.75) is 25.4 Å². The maximum Gasteiger partial charge on any atom is 0.244 e. The van der Waals surface area contributed by atoms with E-state index in [1.165, 1.54) is 12.1 Å². The third kappa shape index (κ3) is 3.59. The van der Waals surface area contributed by atoms with Gasteiger partial charge >= 0.3 is 0 Å². The van der Waals surface area contributed by atoms with Crippen molar-refractivity contribution in [3.8, 4) is 0 Å². The highest BCUT2D eigenvalue weighted by atomic mass is 19.1. The largest absolute Gasteiger partial charge is 0.311 e. The number of carbonyl (C=O) groups excluding carboxylic acids is 1. The van der Waals surface area contributed by atoms with Gasteiger partial charge in [-0.15, -0.1) is 0 Å². The van der Waals surface area contributed by atoms with Crippen LogP contribution in [0.2, 0.25) is 0 Å². The summed E-state index contributed by atoms with van der Waals surface area (Å²) in [7, 11) is 1.93. The van der Waals surface area contributed by atoms with Gasteiger partial charge in [-0.1, -0.05) is 30.3 Å². The Morgan fingerprint density at radius 1 is 1.17 bits per heavy atom. The second kappa shape index (κ2) is 6.92. The standard InChI is InChI=1S/C19H21FN2O/c1-21(14-15-7-5-8-16(20)13-15)18-11-6-12-22(19(18)23)17-9-3-2-4-10-17/h2-5,7-10,13,18H,6,11-12,14H2,1H3. The fourth-order valence-electron chi connectivity index (χ4n) is 3.16. The van der Waals surface area contributed by atoms with E-state index in [2.05, 4.69) is 0 Å². The van der Waals surface area contributed by atoms with Crippen molar-refractivity contribution in [3.05, 3.63) is 66.0 Å². The van der Waals surface area contributed by atoms with Gasteiger partial charge in [0.15, 0.2) is 0 Å². The average molecular weight is 312 g/mol. The molecule has 1 heterocycles. The molecule has 4 heteroatoms. The summed E-state index contributed by atoms with van der Waals surface area (Å²) < 4.78 is 13.3. The number of piperidine rings is 1. The van der Waals surface area contributed by atoms with Gasteiger partial charge in [0.05, 0.1) is 6.04 Å². The van der Waals surface area contributed by atoms with Crippen LogP contribution in [0, 0.1) is 5.82 Å². The number of rotatable bonds is 4. The van der Waals surface area contributed by atoms with Crippen molar-refractivity contribution in [1.29, 1.82) is 0 Å². The van der Waals surface area contributed by atoms with Crippen LogP contribution in [0.25, 0.3) is 0 Å². The van der Waals surface area contributed by atoms with Crippen LogP contribution in [0.3, 0.4) is 0 Å². The summed E-state index contributed by atoms with van der Waals surface area (Å²) in [4.78, 5) is 16.7. The van der Waals surface area contributed by atoms with Crippen molar-refractivity contribution in [2.75, 3.05) is 18.5 Å². The Hall–Kier alpha value is -2.20. The van der Waals surface area contributed by atoms with E-state index in [-0.39, 0.29) is 17.8 Å². The molecule has 3 nitrogen and oxygen atoms in total. The van der Waals surface area contributed by atoms with Crippen LogP contribution in [-0.4, -0.2) is 30.4 Å². The maximum absolute atomic E-state index is 13.3. The first-order valence-corrected chi connectivity index (χ1v) is 7.96. The van der Waals surface area contributed by atoms with Gasteiger partial charge in [0.1, 0.15) is 5.82 Å². The Labute approximate surface area is 136 Å². The fourth-order valence-corrected chi connectivity index (χ4v) is 3.16. The summed E-state index contributed by atoms with van der Waals surface area (Å²) in [5.41, 5.74) is 1.83. The van der Waals surface area contributed by atoms with Crippen LogP contribution < -0.4 is 4.90 Å². The molecule has 1 aliphatic heterocycles. The highest BCUT2D eigenvalue weighted by molar-refractivity contribution is 5.97. The Balaban J connectivity index is 1.73. The number of halogens is 1. The summed E-state index contributed by atoms with van der Waals surface area (Å²) >= 11 is 0. The minimum absolute atomic E-state index is 0.126. The Kier molecular flexibility index (Phi) is 4.72. The zero-order valence-electron chi connectivity index (χ0n) is 13.3. The van der Waals surface area contributed by atoms with Crippen LogP contribution in [0.15, 0.2) is 54.6 Å². The van der Waals surface area contributed by atoms with E-state index in [4.69, 9.17) is 0 Å². The van der Waals surface area contributed by atoms with E-state index in [1.54, 1.807) is 6.07 Å². The lowest BCUT2D eigenvalue weighted by atomic mass is 10.0. The molecule has 0 aromatic heterocycles. The zero-order chi connectivity index (χ0) is 16.2. The van der Waals surface area contributed by atoms with Gasteiger partial charge in [-0.3, -0.25) is 9.69 Å². The summed E-state index contributed by atoms with van der Waals surface area (Å²) in [5, 5.41) is 0. The quantitative estimate of drug-likeness (QED) is 0.863. The molecule has 3 rings (SSSR count). The first kappa shape index (κ1) is 15.7. The van der Waals surface area contributed by atoms with E-state index in [9.17, 15) is 9.18 Å². The lowest BCUT2D eigenvalue weighted by molar-refractivity contribution is -0.125. The number of hydrogen-bond acceptors (Lipinski definition) is 2. The molecule has 1 amide bonds. The number of nitrogens with zero attached hydrogens (tertiary/aromatic N) is 2. The Morgan fingerprint density at radius 3 is 2.70 bits per heavy atom. The SMILES string of the molecule is CN(Cc1cccc(F)c1)C1CCCN(c2ccccc2)C1=O. The molecule has 0 bridgehead atoms. The monoisotopic (exact) mass is 312 g/mol. The molecule has 120 valence electrons. The number of para-hydroxylation sites is 1. The summed E-state index contributed by atoms with van der Waals surface area (Å²) in [6.07, 6.45) is 1.81. The van der Waals surface area contributed by atoms with Crippen LogP contribution in [0.5, 0.6) is 0 Å². The summed E-state index contributed by atoms with van der Waals surface area (Å²) in [5.74, 6) is -0.113. The van der Waals surface area contributed by atoms with Gasteiger partial charge in [0, 0.05) is 18.8 Å². The minimum atomic E-state index is -0.239. The van der Waals surface area contributed by atoms with Gasteiger partial charge in [0.2, 0.25) is 5.91 Å². The van der Waals surface area contributed by atoms with Gasteiger partial charge in [0.25, 0.3) is 0 Å². The normalized spacial score (nSPS) is 18.5. The summed E-state index contributed by atoms with van der Waals surface area (Å²) in [6, 6.07) is 16.2. The number of hydrogen-bond donors (Lipinski definition) is 0. The molecule has 0 aliphatic carbocycles. The fraction of sp³-hybridized carbons (Fsp3) is 0.316. The number of carbonyl (C=O) groups is 1. The molecule has 1 atom stereocenters. The number of benzene rings is 2. The molecule has 1 aliphatic rings. The van der Waals surface area contributed by atoms with Crippen molar-refractivity contribution in [1.82, 2.24) is 4.90 Å². The minimum Gasteiger partial charge on any atom is -0.311 e. The van der Waals surface area contributed by atoms with Crippen LogP contribution >= 0.6 is 0 Å². The smallest absolute Gasteiger partial charge is 0.244 e. The van der Waals surface area contributed by atoms with Crippen molar-refractivity contribution < 1.29 is 9.18 Å². The Bertz CT molecular complexity index is 674. The van der Waals surface area contributed by atoms with Crippen molar-refractivity contribution in [2.24, 2.45) is 0 Å². The average Bonchev–Trinajstić information content (AvgIpc) is 2.56. The molecule has 23 heavy (non-hydrogen) atoms. The molecule has 2 aromatic rings. The van der Waals surface area contributed by atoms with Crippen molar-refractivity contribution in [3.63, 3.8) is 0 Å². The first-order chi connectivity index (χ1) is 11.1. The molecule has 1 fully saturated rings. The maximum atomic E-state index is 13.3. The number of amides is 1. The zero-order valence-corrected chi connectivity index (χ0v) is 13.3. The van der Waals surface area contributed by atoms with E-state index >= 15 is 0 Å². The second-order valence-electron chi connectivity index (χ2n) is 6.03.